The molecule has 1 atom stereocenters. The van der Waals surface area contributed by atoms with Crippen molar-refractivity contribution in [3.8, 4) is 0 Å². The van der Waals surface area contributed by atoms with Crippen LogP contribution in [0.15, 0.2) is 83.0 Å². The second-order valence-electron chi connectivity index (χ2n) is 5.24. The molecule has 24 heavy (non-hydrogen) atoms. The van der Waals surface area contributed by atoms with E-state index >= 15 is 0 Å². The molecule has 0 saturated carbocycles. The fraction of sp³-hybridized carbons (Fsp3) is 0.105. The number of carbonyl (C=O) groups excluding carboxylic acids is 1. The Balaban J connectivity index is 1.63. The summed E-state index contributed by atoms with van der Waals surface area (Å²) in [5, 5.41) is 3.89. The first-order chi connectivity index (χ1) is 11.7. The van der Waals surface area contributed by atoms with Crippen LogP contribution in [0.2, 0.25) is 0 Å². The van der Waals surface area contributed by atoms with Crippen LogP contribution in [0.5, 0.6) is 0 Å². The maximum absolute atomic E-state index is 12.3. The van der Waals surface area contributed by atoms with E-state index in [2.05, 4.69) is 15.3 Å². The van der Waals surface area contributed by atoms with E-state index in [1.807, 2.05) is 67.6 Å². The van der Waals surface area contributed by atoms with Crippen LogP contribution < -0.4 is 5.32 Å². The van der Waals surface area contributed by atoms with Gasteiger partial charge in [-0.15, -0.1) is 0 Å². The summed E-state index contributed by atoms with van der Waals surface area (Å²) in [5.41, 5.74) is 1.47. The van der Waals surface area contributed by atoms with E-state index < -0.39 is 0 Å². The Morgan fingerprint density at radius 2 is 1.67 bits per heavy atom. The number of nitrogens with zero attached hydrogens (tertiary/aromatic N) is 2. The van der Waals surface area contributed by atoms with Crippen molar-refractivity contribution < 1.29 is 4.79 Å². The van der Waals surface area contributed by atoms with E-state index in [9.17, 15) is 4.79 Å². The van der Waals surface area contributed by atoms with Crippen molar-refractivity contribution in [2.45, 2.75) is 22.9 Å². The molecule has 0 aliphatic carbocycles. The quantitative estimate of drug-likeness (QED) is 0.762. The Bertz CT molecular complexity index is 792. The molecule has 3 rings (SSSR count). The first kappa shape index (κ1) is 16.2. The topological polar surface area (TPSA) is 54.9 Å². The summed E-state index contributed by atoms with van der Waals surface area (Å²) in [6, 6.07) is 18.8. The lowest BCUT2D eigenvalue weighted by molar-refractivity contribution is 0.0939. The first-order valence-corrected chi connectivity index (χ1v) is 8.45. The highest BCUT2D eigenvalue weighted by molar-refractivity contribution is 7.99. The lowest BCUT2D eigenvalue weighted by atomic mass is 10.1. The molecule has 120 valence electrons. The Labute approximate surface area is 145 Å². The summed E-state index contributed by atoms with van der Waals surface area (Å²) in [6.45, 7) is 1.92. The van der Waals surface area contributed by atoms with Crippen LogP contribution in [-0.4, -0.2) is 15.9 Å². The summed E-state index contributed by atoms with van der Waals surface area (Å²) in [7, 11) is 0. The zero-order valence-electron chi connectivity index (χ0n) is 13.2. The number of hydrogen-bond acceptors (Lipinski definition) is 4. The van der Waals surface area contributed by atoms with Gasteiger partial charge in [0, 0.05) is 22.9 Å². The maximum Gasteiger partial charge on any atom is 0.251 e. The molecule has 0 radical (unpaired) electrons. The van der Waals surface area contributed by atoms with Crippen LogP contribution in [0.4, 0.5) is 0 Å². The van der Waals surface area contributed by atoms with Crippen LogP contribution in [0.1, 0.15) is 29.0 Å². The highest BCUT2D eigenvalue weighted by atomic mass is 32.2. The van der Waals surface area contributed by atoms with Gasteiger partial charge in [0.15, 0.2) is 0 Å². The molecule has 4 nitrogen and oxygen atoms in total. The lowest BCUT2D eigenvalue weighted by Crippen LogP contribution is -2.27. The molecule has 5 heteroatoms. The fourth-order valence-corrected chi connectivity index (χ4v) is 2.96. The number of nitrogens with one attached hydrogen (secondary N) is 1. The van der Waals surface area contributed by atoms with Gasteiger partial charge in [0.25, 0.3) is 5.91 Å². The standard InChI is InChI=1S/C19H17N3OS/c1-14(17-6-2-4-12-20-17)22-19(23)15-8-10-16(11-9-15)24-18-7-3-5-13-21-18/h2-14H,1H3,(H,22,23)/t14-/m1/s1. The Morgan fingerprint density at radius 1 is 0.958 bits per heavy atom. The van der Waals surface area contributed by atoms with Crippen molar-refractivity contribution in [3.05, 3.63) is 84.3 Å². The highest BCUT2D eigenvalue weighted by Crippen LogP contribution is 2.25. The monoisotopic (exact) mass is 335 g/mol. The van der Waals surface area contributed by atoms with E-state index in [1.54, 1.807) is 24.2 Å². The van der Waals surface area contributed by atoms with Crippen molar-refractivity contribution in [2.75, 3.05) is 0 Å². The second kappa shape index (κ2) is 7.75. The number of benzene rings is 1. The average molecular weight is 335 g/mol. The van der Waals surface area contributed by atoms with E-state index in [4.69, 9.17) is 0 Å². The predicted molar refractivity (Wildman–Crippen MR) is 94.9 cm³/mol. The lowest BCUT2D eigenvalue weighted by Gasteiger charge is -2.13. The van der Waals surface area contributed by atoms with E-state index in [0.29, 0.717) is 5.56 Å². The Morgan fingerprint density at radius 3 is 2.29 bits per heavy atom. The summed E-state index contributed by atoms with van der Waals surface area (Å²) in [6.07, 6.45) is 3.49. The number of hydrogen-bond donors (Lipinski definition) is 1. The molecule has 2 aromatic heterocycles. The van der Waals surface area contributed by atoms with Crippen LogP contribution in [0.3, 0.4) is 0 Å². The molecule has 0 aliphatic rings. The molecule has 0 aliphatic heterocycles. The summed E-state index contributed by atoms with van der Waals surface area (Å²) < 4.78 is 0. The van der Waals surface area contributed by atoms with Gasteiger partial charge in [-0.1, -0.05) is 23.9 Å². The van der Waals surface area contributed by atoms with Crippen molar-refractivity contribution in [2.24, 2.45) is 0 Å². The zero-order valence-corrected chi connectivity index (χ0v) is 14.0. The average Bonchev–Trinajstić information content (AvgIpc) is 2.64. The van der Waals surface area contributed by atoms with Crippen molar-refractivity contribution in [3.63, 3.8) is 0 Å². The van der Waals surface area contributed by atoms with Crippen molar-refractivity contribution in [1.82, 2.24) is 15.3 Å². The van der Waals surface area contributed by atoms with Crippen molar-refractivity contribution >= 4 is 17.7 Å². The highest BCUT2D eigenvalue weighted by Gasteiger charge is 2.12. The van der Waals surface area contributed by atoms with Crippen molar-refractivity contribution in [1.29, 1.82) is 0 Å². The second-order valence-corrected chi connectivity index (χ2v) is 6.34. The number of amides is 1. The minimum atomic E-state index is -0.138. The van der Waals surface area contributed by atoms with Gasteiger partial charge >= 0.3 is 0 Å². The summed E-state index contributed by atoms with van der Waals surface area (Å²) in [4.78, 5) is 21.9. The fourth-order valence-electron chi connectivity index (χ4n) is 2.19. The number of rotatable bonds is 5. The van der Waals surface area contributed by atoms with Gasteiger partial charge in [0.1, 0.15) is 5.03 Å². The van der Waals surface area contributed by atoms with Crippen LogP contribution in [0, 0.1) is 0 Å². The molecule has 0 saturated heterocycles. The Hall–Kier alpha value is -2.66. The molecule has 0 unspecified atom stereocenters. The van der Waals surface area contributed by atoms with Gasteiger partial charge in [0.2, 0.25) is 0 Å². The molecule has 3 aromatic rings. The molecule has 1 N–H and O–H groups in total. The summed E-state index contributed by atoms with van der Waals surface area (Å²) >= 11 is 1.57. The minimum Gasteiger partial charge on any atom is -0.344 e. The predicted octanol–water partition coefficient (Wildman–Crippen LogP) is 4.12. The van der Waals surface area contributed by atoms with E-state index in [-0.39, 0.29) is 11.9 Å². The molecular weight excluding hydrogens is 318 g/mol. The third kappa shape index (κ3) is 4.20. The molecule has 2 heterocycles. The summed E-state index contributed by atoms with van der Waals surface area (Å²) in [5.74, 6) is -0.109. The SMILES string of the molecule is C[C@@H](NC(=O)c1ccc(Sc2ccccn2)cc1)c1ccccn1. The van der Waals surface area contributed by atoms with Crippen LogP contribution in [-0.2, 0) is 0 Å². The largest absolute Gasteiger partial charge is 0.344 e. The van der Waals surface area contributed by atoms with Gasteiger partial charge in [-0.25, -0.2) is 4.98 Å². The van der Waals surface area contributed by atoms with Gasteiger partial charge in [-0.3, -0.25) is 9.78 Å². The smallest absolute Gasteiger partial charge is 0.251 e. The first-order valence-electron chi connectivity index (χ1n) is 7.63. The third-order valence-electron chi connectivity index (χ3n) is 3.46. The van der Waals surface area contributed by atoms with Crippen LogP contribution >= 0.6 is 11.8 Å². The molecule has 0 bridgehead atoms. The minimum absolute atomic E-state index is 0.109. The molecule has 1 aromatic carbocycles. The van der Waals surface area contributed by atoms with Gasteiger partial charge in [-0.05, 0) is 55.5 Å². The molecule has 0 spiro atoms. The van der Waals surface area contributed by atoms with Crippen LogP contribution in [0.25, 0.3) is 0 Å². The molecule has 1 amide bonds. The number of pyridine rings is 2. The maximum atomic E-state index is 12.3. The normalized spacial score (nSPS) is 11.7. The van der Waals surface area contributed by atoms with Gasteiger partial charge in [0.05, 0.1) is 11.7 Å². The number of aromatic nitrogens is 2. The van der Waals surface area contributed by atoms with Gasteiger partial charge in [-0.2, -0.15) is 0 Å². The molecular formula is C19H17N3OS. The van der Waals surface area contributed by atoms with E-state index in [0.717, 1.165) is 15.6 Å². The Kier molecular flexibility index (Phi) is 5.23. The zero-order chi connectivity index (χ0) is 16.8. The number of carbonyl (C=O) groups is 1. The van der Waals surface area contributed by atoms with E-state index in [1.165, 1.54) is 0 Å². The van der Waals surface area contributed by atoms with Gasteiger partial charge < -0.3 is 5.32 Å². The molecule has 0 fully saturated rings. The third-order valence-corrected chi connectivity index (χ3v) is 4.41.